The number of pyridine rings is 1. The number of fused-ring (bicyclic) bond motifs is 8. The smallest absolute Gasteiger partial charge is 0.456 e. The van der Waals surface area contributed by atoms with Crippen molar-refractivity contribution in [3.05, 3.63) is 226 Å². The van der Waals surface area contributed by atoms with Gasteiger partial charge < -0.3 is 13.6 Å². The van der Waals surface area contributed by atoms with E-state index in [9.17, 15) is 14.4 Å². The van der Waals surface area contributed by atoms with Crippen molar-refractivity contribution in [1.82, 2.24) is 9.05 Å². The van der Waals surface area contributed by atoms with Crippen LogP contribution < -0.4 is 15.9 Å². The molecule has 0 saturated heterocycles. The van der Waals surface area contributed by atoms with Crippen LogP contribution in [0.15, 0.2) is 170 Å². The van der Waals surface area contributed by atoms with Gasteiger partial charge in [-0.25, -0.2) is 9.56 Å². The van der Waals surface area contributed by atoms with Crippen LogP contribution in [0.3, 0.4) is 0 Å². The van der Waals surface area contributed by atoms with E-state index in [1.807, 2.05) is 66.7 Å². The van der Waals surface area contributed by atoms with Gasteiger partial charge in [-0.05, 0) is 137 Å². The van der Waals surface area contributed by atoms with Crippen molar-refractivity contribution in [3.8, 4) is 22.7 Å². The fourth-order valence-electron chi connectivity index (χ4n) is 11.8. The first-order chi connectivity index (χ1) is 36.7. The zero-order valence-corrected chi connectivity index (χ0v) is 43.2. The summed E-state index contributed by atoms with van der Waals surface area (Å²) >= 11 is 14.4. The number of nitrogens with zero attached hydrogens (tertiary/aromatic N) is 3. The Labute approximate surface area is 445 Å². The van der Waals surface area contributed by atoms with Gasteiger partial charge in [0.15, 0.2) is 0 Å². The van der Waals surface area contributed by atoms with Gasteiger partial charge in [0.2, 0.25) is 0 Å². The fraction of sp³-hybridized carbons (Fsp3) is 0.175. The van der Waals surface area contributed by atoms with E-state index in [2.05, 4.69) is 39.0 Å². The number of carbonyl (C=O) groups is 1. The summed E-state index contributed by atoms with van der Waals surface area (Å²) in [6, 6.07) is 40.5. The SMILES string of the molecule is CC(C)(C)c1ccc2oc3ccc4c(=O)n(-c5ccc(CC(=O)Oc6cc(Cl)c(/C(=C7\C=C8CCCc9ccccc9C8=N7)c7cc8c(n7B(F)F)-c7ccccc7CCC8)c(Cl)c6)cc5)c(=O)c5ccc(c2c1)c3c45. The van der Waals surface area contributed by atoms with E-state index in [0.29, 0.717) is 62.0 Å². The summed E-state index contributed by atoms with van der Waals surface area (Å²) < 4.78 is 46.2. The van der Waals surface area contributed by atoms with Crippen molar-refractivity contribution in [1.29, 1.82) is 0 Å². The number of aliphatic imine (C=N–C) groups is 1. The van der Waals surface area contributed by atoms with Crippen LogP contribution in [0.2, 0.25) is 10.0 Å². The van der Waals surface area contributed by atoms with Gasteiger partial charge in [-0.2, -0.15) is 0 Å². The minimum atomic E-state index is -2.93. The Hall–Kier alpha value is -7.86. The molecule has 3 aromatic heterocycles. The molecule has 10 aromatic rings. The second kappa shape index (κ2) is 18.2. The Kier molecular flexibility index (Phi) is 11.4. The highest BCUT2D eigenvalue weighted by Crippen LogP contribution is 2.47. The van der Waals surface area contributed by atoms with Crippen LogP contribution in [-0.2, 0) is 35.9 Å². The molecule has 0 amide bonds. The molecule has 7 aromatic carbocycles. The maximum Gasteiger partial charge on any atom is 0.678 e. The normalized spacial score (nSPS) is 15.0. The molecule has 2 aliphatic carbocycles. The Morgan fingerprint density at radius 1 is 0.697 bits per heavy atom. The Morgan fingerprint density at radius 3 is 2.04 bits per heavy atom. The molecule has 0 N–H and O–H groups in total. The van der Waals surface area contributed by atoms with E-state index in [4.69, 9.17) is 37.3 Å². The number of carbonyl (C=O) groups excluding carboxylic acids is 1. The third kappa shape index (κ3) is 7.85. The molecule has 0 atom stereocenters. The predicted molar refractivity (Wildman–Crippen MR) is 302 cm³/mol. The predicted octanol–water partition coefficient (Wildman–Crippen LogP) is 14.8. The lowest BCUT2D eigenvalue weighted by molar-refractivity contribution is -0.133. The molecule has 8 nitrogen and oxygen atoms in total. The monoisotopic (exact) mass is 1040 g/mol. The Balaban J connectivity index is 0.832. The standard InChI is InChI=1S/C63H46BCl2F2N3O5/c1-63(2,3)39-20-26-52-47(31-39)44-23-24-45-55-46(25-27-53(76-52)56(44)55)62(74)70(61(45)73)40-21-18-34(19-22-40)28-54(72)75-41-32-48(65)57(49(66)33-41)58(50-29-37-14-8-12-35-10-4-6-16-42(35)59(37)69-50)51-30-38-15-9-13-36-11-5-7-17-43(36)60(38)71(51)64(67)68/h4-7,10-11,16-27,29-33H,8-9,12-15,28H2,1-3H3/b58-50+. The summed E-state index contributed by atoms with van der Waals surface area (Å²) in [6.45, 7) is 6.45. The second-order valence-electron chi connectivity index (χ2n) is 21.1. The third-order valence-corrected chi connectivity index (χ3v) is 16.0. The molecule has 0 unspecified atom stereocenters. The van der Waals surface area contributed by atoms with Crippen molar-refractivity contribution < 1.29 is 22.6 Å². The molecule has 374 valence electrons. The molecule has 13 heteroatoms. The van der Waals surface area contributed by atoms with E-state index in [1.54, 1.807) is 42.5 Å². The lowest BCUT2D eigenvalue weighted by Crippen LogP contribution is -2.31. The summed E-state index contributed by atoms with van der Waals surface area (Å²) in [6.07, 6.45) is 6.47. The molecule has 3 aliphatic rings. The number of rotatable bonds is 7. The van der Waals surface area contributed by atoms with Gasteiger partial charge in [0, 0.05) is 72.7 Å². The molecule has 0 bridgehead atoms. The first kappa shape index (κ1) is 47.8. The van der Waals surface area contributed by atoms with Gasteiger partial charge >= 0.3 is 13.4 Å². The van der Waals surface area contributed by atoms with Crippen molar-refractivity contribution >= 4 is 91.3 Å². The van der Waals surface area contributed by atoms with Gasteiger partial charge in [0.1, 0.15) is 16.9 Å². The van der Waals surface area contributed by atoms with Crippen LogP contribution >= 0.6 is 23.2 Å². The Bertz CT molecular complexity index is 4300. The molecule has 4 heterocycles. The molecular formula is C63H46BCl2F2N3O5. The lowest BCUT2D eigenvalue weighted by Gasteiger charge is -2.20. The summed E-state index contributed by atoms with van der Waals surface area (Å²) in [5.41, 5.74) is 10.5. The topological polar surface area (TPSA) is 95.8 Å². The molecule has 1 aliphatic heterocycles. The molecule has 0 radical (unpaired) electrons. The van der Waals surface area contributed by atoms with Gasteiger partial charge in [-0.3, -0.25) is 23.0 Å². The van der Waals surface area contributed by atoms with Crippen molar-refractivity contribution in [3.63, 3.8) is 0 Å². The van der Waals surface area contributed by atoms with Crippen LogP contribution in [0.25, 0.3) is 66.0 Å². The van der Waals surface area contributed by atoms with E-state index in [1.165, 1.54) is 17.7 Å². The number of aromatic nitrogens is 2. The second-order valence-corrected chi connectivity index (χ2v) is 21.9. The van der Waals surface area contributed by atoms with Crippen molar-refractivity contribution in [2.24, 2.45) is 4.99 Å². The summed E-state index contributed by atoms with van der Waals surface area (Å²) in [5.74, 6) is -0.580. The molecular weight excluding hydrogens is 998 g/mol. The van der Waals surface area contributed by atoms with E-state index < -0.39 is 24.5 Å². The Morgan fingerprint density at radius 2 is 1.33 bits per heavy atom. The molecule has 13 rings (SSSR count). The average molecular weight is 1040 g/mol. The van der Waals surface area contributed by atoms with E-state index >= 15 is 8.63 Å². The third-order valence-electron chi connectivity index (χ3n) is 15.4. The number of hydrogen-bond acceptors (Lipinski definition) is 6. The quantitative estimate of drug-likeness (QED) is 0.0521. The minimum absolute atomic E-state index is 0.0562. The van der Waals surface area contributed by atoms with Crippen molar-refractivity contribution in [2.75, 3.05) is 0 Å². The van der Waals surface area contributed by atoms with E-state index in [-0.39, 0.29) is 38.9 Å². The summed E-state index contributed by atoms with van der Waals surface area (Å²) in [7, 11) is -2.93. The number of aryl methyl sites for hydroxylation is 3. The summed E-state index contributed by atoms with van der Waals surface area (Å²) in [5, 5.41) is 4.00. The highest BCUT2D eigenvalue weighted by molar-refractivity contribution is 6.43. The summed E-state index contributed by atoms with van der Waals surface area (Å²) in [4.78, 5) is 47.5. The number of benzene rings is 7. The number of hydrogen-bond donors (Lipinski definition) is 0. The number of ether oxygens (including phenoxy) is 1. The zero-order chi connectivity index (χ0) is 52.3. The number of esters is 1. The molecule has 0 saturated carbocycles. The van der Waals surface area contributed by atoms with Gasteiger partial charge in [-0.1, -0.05) is 117 Å². The number of allylic oxidation sites excluding steroid dienone is 2. The first-order valence-corrected chi connectivity index (χ1v) is 26.3. The first-order valence-electron chi connectivity index (χ1n) is 25.5. The highest BCUT2D eigenvalue weighted by atomic mass is 35.5. The fourth-order valence-corrected chi connectivity index (χ4v) is 12.5. The molecule has 76 heavy (non-hydrogen) atoms. The van der Waals surface area contributed by atoms with E-state index in [0.717, 1.165) is 96.4 Å². The van der Waals surface area contributed by atoms with Crippen LogP contribution in [-0.4, -0.2) is 28.1 Å². The average Bonchev–Trinajstić information content (AvgIpc) is 4.02. The van der Waals surface area contributed by atoms with Crippen LogP contribution in [0.5, 0.6) is 5.75 Å². The highest BCUT2D eigenvalue weighted by Gasteiger charge is 2.35. The maximum absolute atomic E-state index is 15.9. The molecule has 0 fully saturated rings. The largest absolute Gasteiger partial charge is 0.678 e. The zero-order valence-electron chi connectivity index (χ0n) is 41.7. The van der Waals surface area contributed by atoms with Gasteiger partial charge in [-0.15, -0.1) is 0 Å². The number of halogens is 4. The van der Waals surface area contributed by atoms with Crippen LogP contribution in [0.1, 0.15) is 84.7 Å². The van der Waals surface area contributed by atoms with Crippen LogP contribution in [0.4, 0.5) is 8.63 Å². The van der Waals surface area contributed by atoms with Gasteiger partial charge in [0.25, 0.3) is 11.1 Å². The van der Waals surface area contributed by atoms with Crippen molar-refractivity contribution in [2.45, 2.75) is 71.1 Å². The van der Waals surface area contributed by atoms with Gasteiger partial charge in [0.05, 0.1) is 33.6 Å². The maximum atomic E-state index is 15.9. The lowest BCUT2D eigenvalue weighted by atomic mass is 9.85. The molecule has 0 spiro atoms. The minimum Gasteiger partial charge on any atom is -0.456 e. The van der Waals surface area contributed by atoms with Crippen LogP contribution in [0, 0.1) is 0 Å².